The molecule has 0 heterocycles. The van der Waals surface area contributed by atoms with Gasteiger partial charge in [-0.25, -0.2) is 8.42 Å². The van der Waals surface area contributed by atoms with Crippen molar-refractivity contribution in [3.8, 4) is 0 Å². The third-order valence-corrected chi connectivity index (χ3v) is 3.41. The zero-order chi connectivity index (χ0) is 11.5. The lowest BCUT2D eigenvalue weighted by atomic mass is 10.1. The Labute approximate surface area is 90.8 Å². The molecule has 0 aliphatic rings. The molecular formula is C10H16N2O2S. The molecule has 1 rings (SSSR count). The van der Waals surface area contributed by atoms with Crippen molar-refractivity contribution in [1.82, 2.24) is 0 Å². The molecule has 0 bridgehead atoms. The summed E-state index contributed by atoms with van der Waals surface area (Å²) in [6, 6.07) is 7.38. The third-order valence-electron chi connectivity index (χ3n) is 2.20. The summed E-state index contributed by atoms with van der Waals surface area (Å²) in [7, 11) is -1.65. The average Bonchev–Trinajstić information content (AvgIpc) is 2.16. The van der Waals surface area contributed by atoms with Crippen LogP contribution < -0.4 is 10.0 Å². The van der Waals surface area contributed by atoms with Crippen molar-refractivity contribution in [2.24, 2.45) is 5.73 Å². The molecule has 0 unspecified atom stereocenters. The number of anilines is 1. The van der Waals surface area contributed by atoms with Crippen LogP contribution in [0.15, 0.2) is 24.3 Å². The van der Waals surface area contributed by atoms with Crippen LogP contribution in [0.1, 0.15) is 5.56 Å². The second-order valence-corrected chi connectivity index (χ2v) is 5.45. The van der Waals surface area contributed by atoms with Gasteiger partial charge in [-0.2, -0.15) is 0 Å². The molecule has 0 atom stereocenters. The third kappa shape index (κ3) is 3.21. The Balaban J connectivity index is 3.00. The number of nitrogens with two attached hydrogens (primary N) is 1. The van der Waals surface area contributed by atoms with E-state index >= 15 is 0 Å². The fraction of sp³-hybridized carbons (Fsp3) is 0.400. The number of benzene rings is 1. The zero-order valence-corrected chi connectivity index (χ0v) is 9.79. The van der Waals surface area contributed by atoms with Gasteiger partial charge in [-0.05, 0) is 30.7 Å². The van der Waals surface area contributed by atoms with E-state index in [9.17, 15) is 8.42 Å². The van der Waals surface area contributed by atoms with Gasteiger partial charge in [0.05, 0.1) is 11.9 Å². The number of rotatable bonds is 4. The molecule has 0 fully saturated rings. The van der Waals surface area contributed by atoms with Gasteiger partial charge in [0.25, 0.3) is 0 Å². The molecular weight excluding hydrogens is 212 g/mol. The van der Waals surface area contributed by atoms with Crippen molar-refractivity contribution in [2.75, 3.05) is 24.2 Å². The summed E-state index contributed by atoms with van der Waals surface area (Å²) in [5.74, 6) is 0. The normalized spacial score (nSPS) is 11.4. The molecule has 0 aliphatic carbocycles. The summed E-state index contributed by atoms with van der Waals surface area (Å²) in [5.41, 5.74) is 7.16. The molecule has 0 spiro atoms. The van der Waals surface area contributed by atoms with Crippen molar-refractivity contribution in [3.05, 3.63) is 29.8 Å². The summed E-state index contributed by atoms with van der Waals surface area (Å²) in [6.07, 6.45) is 1.94. The van der Waals surface area contributed by atoms with Gasteiger partial charge in [0.15, 0.2) is 0 Å². The highest BCUT2D eigenvalue weighted by Crippen LogP contribution is 2.17. The van der Waals surface area contributed by atoms with Crippen LogP contribution in [0.2, 0.25) is 0 Å². The largest absolute Gasteiger partial charge is 0.330 e. The lowest BCUT2D eigenvalue weighted by Gasteiger charge is -2.17. The first-order chi connectivity index (χ1) is 6.95. The van der Waals surface area contributed by atoms with E-state index in [0.717, 1.165) is 12.0 Å². The lowest BCUT2D eigenvalue weighted by molar-refractivity contribution is 0.600. The summed E-state index contributed by atoms with van der Waals surface area (Å²) in [6.45, 7) is 0.562. The highest BCUT2D eigenvalue weighted by Gasteiger charge is 2.11. The molecule has 15 heavy (non-hydrogen) atoms. The van der Waals surface area contributed by atoms with E-state index in [1.54, 1.807) is 6.07 Å². The lowest BCUT2D eigenvalue weighted by Crippen LogP contribution is -2.24. The first kappa shape index (κ1) is 12.0. The van der Waals surface area contributed by atoms with Gasteiger partial charge in [-0.3, -0.25) is 4.31 Å². The predicted octanol–water partition coefficient (Wildman–Crippen LogP) is 0.584. The molecule has 0 amide bonds. The second-order valence-electron chi connectivity index (χ2n) is 3.44. The van der Waals surface area contributed by atoms with Gasteiger partial charge in [-0.1, -0.05) is 12.1 Å². The molecule has 0 saturated carbocycles. The smallest absolute Gasteiger partial charge is 0.231 e. The minimum Gasteiger partial charge on any atom is -0.330 e. The Morgan fingerprint density at radius 3 is 2.60 bits per heavy atom. The fourth-order valence-corrected chi connectivity index (χ4v) is 1.76. The van der Waals surface area contributed by atoms with Crippen LogP contribution in [0.4, 0.5) is 5.69 Å². The summed E-state index contributed by atoms with van der Waals surface area (Å²) >= 11 is 0. The van der Waals surface area contributed by atoms with Crippen LogP contribution in [-0.2, 0) is 16.4 Å². The van der Waals surface area contributed by atoms with Gasteiger partial charge in [-0.15, -0.1) is 0 Å². The van der Waals surface area contributed by atoms with Crippen LogP contribution in [0.3, 0.4) is 0 Å². The van der Waals surface area contributed by atoms with Crippen LogP contribution >= 0.6 is 0 Å². The van der Waals surface area contributed by atoms with Crippen LogP contribution in [0.5, 0.6) is 0 Å². The summed E-state index contributed by atoms with van der Waals surface area (Å²) in [5, 5.41) is 0. The first-order valence-electron chi connectivity index (χ1n) is 4.68. The van der Waals surface area contributed by atoms with Crippen molar-refractivity contribution in [2.45, 2.75) is 6.42 Å². The van der Waals surface area contributed by atoms with Gasteiger partial charge in [0.1, 0.15) is 0 Å². The first-order valence-corrected chi connectivity index (χ1v) is 6.53. The predicted molar refractivity (Wildman–Crippen MR) is 62.4 cm³/mol. The van der Waals surface area contributed by atoms with Gasteiger partial charge >= 0.3 is 0 Å². The van der Waals surface area contributed by atoms with Crippen molar-refractivity contribution >= 4 is 15.7 Å². The standard InChI is InChI=1S/C10H16N2O2S/c1-12(15(2,13)14)10-5-3-4-9(8-10)6-7-11/h3-5,8H,6-7,11H2,1-2H3. The van der Waals surface area contributed by atoms with E-state index in [0.29, 0.717) is 12.2 Å². The topological polar surface area (TPSA) is 63.4 Å². The number of hydrogen-bond donors (Lipinski definition) is 1. The van der Waals surface area contributed by atoms with E-state index in [1.807, 2.05) is 18.2 Å². The van der Waals surface area contributed by atoms with Crippen LogP contribution in [0.25, 0.3) is 0 Å². The average molecular weight is 228 g/mol. The van der Waals surface area contributed by atoms with Crippen molar-refractivity contribution < 1.29 is 8.42 Å². The molecule has 5 heteroatoms. The highest BCUT2D eigenvalue weighted by atomic mass is 32.2. The van der Waals surface area contributed by atoms with Crippen LogP contribution in [0, 0.1) is 0 Å². The zero-order valence-electron chi connectivity index (χ0n) is 8.97. The van der Waals surface area contributed by atoms with Gasteiger partial charge in [0.2, 0.25) is 10.0 Å². The van der Waals surface area contributed by atoms with E-state index in [4.69, 9.17) is 5.73 Å². The molecule has 84 valence electrons. The highest BCUT2D eigenvalue weighted by molar-refractivity contribution is 7.92. The molecule has 2 N–H and O–H groups in total. The number of hydrogen-bond acceptors (Lipinski definition) is 3. The van der Waals surface area contributed by atoms with Crippen molar-refractivity contribution in [1.29, 1.82) is 0 Å². The fourth-order valence-electron chi connectivity index (χ4n) is 1.27. The van der Waals surface area contributed by atoms with Crippen LogP contribution in [-0.4, -0.2) is 28.3 Å². The molecule has 0 aliphatic heterocycles. The Kier molecular flexibility index (Phi) is 3.71. The van der Waals surface area contributed by atoms with E-state index in [-0.39, 0.29) is 0 Å². The molecule has 0 radical (unpaired) electrons. The van der Waals surface area contributed by atoms with E-state index in [2.05, 4.69) is 0 Å². The number of sulfonamides is 1. The summed E-state index contributed by atoms with van der Waals surface area (Å²) < 4.78 is 23.9. The molecule has 0 aromatic heterocycles. The Morgan fingerprint density at radius 2 is 2.07 bits per heavy atom. The minimum atomic E-state index is -3.19. The quantitative estimate of drug-likeness (QED) is 0.820. The maximum Gasteiger partial charge on any atom is 0.231 e. The monoisotopic (exact) mass is 228 g/mol. The Bertz CT molecular complexity index is 429. The molecule has 1 aromatic carbocycles. The maximum absolute atomic E-state index is 11.3. The molecule has 4 nitrogen and oxygen atoms in total. The SMILES string of the molecule is CN(c1cccc(CCN)c1)S(C)(=O)=O. The second kappa shape index (κ2) is 4.63. The molecule has 0 saturated heterocycles. The van der Waals surface area contributed by atoms with Crippen molar-refractivity contribution in [3.63, 3.8) is 0 Å². The van der Waals surface area contributed by atoms with E-state index in [1.165, 1.54) is 17.6 Å². The number of nitrogens with zero attached hydrogens (tertiary/aromatic N) is 1. The van der Waals surface area contributed by atoms with E-state index < -0.39 is 10.0 Å². The van der Waals surface area contributed by atoms with Gasteiger partial charge < -0.3 is 5.73 Å². The Morgan fingerprint density at radius 1 is 1.40 bits per heavy atom. The molecule has 1 aromatic rings. The maximum atomic E-state index is 11.3. The Hall–Kier alpha value is -1.07. The van der Waals surface area contributed by atoms with Gasteiger partial charge in [0, 0.05) is 7.05 Å². The minimum absolute atomic E-state index is 0.562. The summed E-state index contributed by atoms with van der Waals surface area (Å²) in [4.78, 5) is 0.